The molecule has 2 aromatic rings. The van der Waals surface area contributed by atoms with E-state index in [1.807, 2.05) is 12.1 Å². The van der Waals surface area contributed by atoms with E-state index in [4.69, 9.17) is 10.00 Å². The van der Waals surface area contributed by atoms with Gasteiger partial charge in [0.1, 0.15) is 11.6 Å². The third-order valence-electron chi connectivity index (χ3n) is 3.30. The smallest absolute Gasteiger partial charge is 0.262 e. The molecule has 126 valence electrons. The third kappa shape index (κ3) is 5.22. The minimum absolute atomic E-state index is 0.00844. The van der Waals surface area contributed by atoms with Crippen molar-refractivity contribution in [3.8, 4) is 17.6 Å². The molecule has 2 N–H and O–H groups in total. The van der Waals surface area contributed by atoms with Gasteiger partial charge < -0.3 is 15.2 Å². The van der Waals surface area contributed by atoms with Crippen molar-refractivity contribution in [3.05, 3.63) is 71.6 Å². The van der Waals surface area contributed by atoms with E-state index in [1.165, 1.54) is 19.3 Å². The van der Waals surface area contributed by atoms with E-state index in [0.717, 1.165) is 11.1 Å². The van der Waals surface area contributed by atoms with Crippen LogP contribution in [0.5, 0.6) is 11.5 Å². The molecule has 1 aromatic carbocycles. The Bertz CT molecular complexity index is 837. The van der Waals surface area contributed by atoms with Crippen molar-refractivity contribution in [2.75, 3.05) is 7.11 Å². The number of hydrogen-bond donors (Lipinski definition) is 2. The number of nitrogens with one attached hydrogen (secondary N) is 1. The molecule has 0 aliphatic heterocycles. The van der Waals surface area contributed by atoms with Crippen molar-refractivity contribution in [1.82, 2.24) is 10.3 Å². The van der Waals surface area contributed by atoms with Gasteiger partial charge in [-0.3, -0.25) is 9.78 Å². The lowest BCUT2D eigenvalue weighted by Crippen LogP contribution is -2.23. The first-order valence-electron chi connectivity index (χ1n) is 7.46. The summed E-state index contributed by atoms with van der Waals surface area (Å²) in [5.74, 6) is -0.0668. The van der Waals surface area contributed by atoms with Gasteiger partial charge in [-0.1, -0.05) is 24.3 Å². The number of rotatable bonds is 6. The molecule has 0 aliphatic rings. The fourth-order valence-electron chi connectivity index (χ4n) is 2.00. The summed E-state index contributed by atoms with van der Waals surface area (Å²) in [5.41, 5.74) is 1.60. The molecule has 1 amide bonds. The number of carbonyl (C=O) groups is 1. The molecule has 2 rings (SSSR count). The molecule has 0 radical (unpaired) electrons. The van der Waals surface area contributed by atoms with Gasteiger partial charge in [-0.25, -0.2) is 0 Å². The number of carbonyl (C=O) groups excluding carboxylic acids is 1. The number of aromatic nitrogens is 1. The maximum absolute atomic E-state index is 12.0. The highest BCUT2D eigenvalue weighted by Crippen LogP contribution is 2.26. The number of pyridine rings is 1. The molecular weight excluding hydrogens is 318 g/mol. The van der Waals surface area contributed by atoms with Crippen molar-refractivity contribution in [1.29, 1.82) is 5.26 Å². The molecule has 6 heteroatoms. The summed E-state index contributed by atoms with van der Waals surface area (Å²) in [7, 11) is 1.46. The molecule has 0 bridgehead atoms. The van der Waals surface area contributed by atoms with E-state index < -0.39 is 5.91 Å². The van der Waals surface area contributed by atoms with E-state index in [0.29, 0.717) is 12.3 Å². The second-order valence-electron chi connectivity index (χ2n) is 5.03. The van der Waals surface area contributed by atoms with Crippen molar-refractivity contribution < 1.29 is 14.6 Å². The summed E-state index contributed by atoms with van der Waals surface area (Å²) >= 11 is 0. The molecule has 0 fully saturated rings. The van der Waals surface area contributed by atoms with Crippen LogP contribution >= 0.6 is 0 Å². The molecule has 25 heavy (non-hydrogen) atoms. The minimum atomic E-state index is -0.459. The zero-order valence-electron chi connectivity index (χ0n) is 13.6. The summed E-state index contributed by atoms with van der Waals surface area (Å²) in [4.78, 5) is 16.0. The Labute approximate surface area is 145 Å². The van der Waals surface area contributed by atoms with Gasteiger partial charge in [0.05, 0.1) is 7.11 Å². The number of nitriles is 1. The normalized spacial score (nSPS) is 11.1. The molecule has 0 saturated carbocycles. The molecular formula is C19H17N3O3. The van der Waals surface area contributed by atoms with Crippen LogP contribution in [0.1, 0.15) is 11.1 Å². The largest absolute Gasteiger partial charge is 0.504 e. The van der Waals surface area contributed by atoms with Crippen LogP contribution in [0, 0.1) is 11.3 Å². The number of benzene rings is 1. The Hall–Kier alpha value is -3.59. The van der Waals surface area contributed by atoms with Gasteiger partial charge in [0.25, 0.3) is 5.91 Å². The second kappa shape index (κ2) is 8.89. The Balaban J connectivity index is 2.01. The van der Waals surface area contributed by atoms with Gasteiger partial charge in [-0.15, -0.1) is 0 Å². The number of amides is 1. The molecule has 0 saturated heterocycles. The maximum atomic E-state index is 12.0. The van der Waals surface area contributed by atoms with Gasteiger partial charge in [-0.2, -0.15) is 5.26 Å². The third-order valence-corrected chi connectivity index (χ3v) is 3.30. The van der Waals surface area contributed by atoms with E-state index in [-0.39, 0.29) is 11.3 Å². The fraction of sp³-hybridized carbons (Fsp3) is 0.105. The Kier molecular flexibility index (Phi) is 6.32. The van der Waals surface area contributed by atoms with Crippen LogP contribution in [0.4, 0.5) is 0 Å². The number of aromatic hydroxyl groups is 1. The molecule has 1 heterocycles. The van der Waals surface area contributed by atoms with Crippen LogP contribution in [0.25, 0.3) is 6.08 Å². The van der Waals surface area contributed by atoms with E-state index >= 15 is 0 Å². The summed E-state index contributed by atoms with van der Waals surface area (Å²) in [6, 6.07) is 10.3. The highest BCUT2D eigenvalue weighted by atomic mass is 16.5. The highest BCUT2D eigenvalue weighted by molar-refractivity contribution is 5.97. The standard InChI is InChI=1S/C19H17N3O3/c1-25-18-10-14(7-8-17(18)23)4-2-6-16(11-20)19(24)22-13-15-5-3-9-21-12-15/h2-10,12,23H,13H2,1H3,(H,22,24)/b4-2+,16-6+. The second-order valence-corrected chi connectivity index (χ2v) is 5.03. The van der Waals surface area contributed by atoms with Crippen LogP contribution in [-0.2, 0) is 11.3 Å². The predicted molar refractivity (Wildman–Crippen MR) is 93.5 cm³/mol. The maximum Gasteiger partial charge on any atom is 0.262 e. The quantitative estimate of drug-likeness (QED) is 0.480. The van der Waals surface area contributed by atoms with E-state index in [1.54, 1.807) is 42.7 Å². The predicted octanol–water partition coefficient (Wildman–Crippen LogP) is 2.58. The number of allylic oxidation sites excluding steroid dienone is 2. The number of hydrogen-bond acceptors (Lipinski definition) is 5. The summed E-state index contributed by atoms with van der Waals surface area (Å²) in [5, 5.41) is 21.3. The number of phenols is 1. The zero-order valence-corrected chi connectivity index (χ0v) is 13.6. The average Bonchev–Trinajstić information content (AvgIpc) is 2.65. The summed E-state index contributed by atoms with van der Waals surface area (Å²) in [6.07, 6.45) is 8.02. The van der Waals surface area contributed by atoms with Crippen LogP contribution in [0.15, 0.2) is 60.5 Å². The molecule has 0 atom stereocenters. The van der Waals surface area contributed by atoms with E-state index in [2.05, 4.69) is 10.3 Å². The first-order chi connectivity index (χ1) is 12.1. The Morgan fingerprint density at radius 1 is 1.44 bits per heavy atom. The van der Waals surface area contributed by atoms with Crippen molar-refractivity contribution in [2.45, 2.75) is 6.54 Å². The summed E-state index contributed by atoms with van der Waals surface area (Å²) in [6.45, 7) is 0.296. The lowest BCUT2D eigenvalue weighted by molar-refractivity contribution is -0.117. The lowest BCUT2D eigenvalue weighted by atomic mass is 10.1. The first-order valence-corrected chi connectivity index (χ1v) is 7.46. The Morgan fingerprint density at radius 3 is 2.96 bits per heavy atom. The van der Waals surface area contributed by atoms with Crippen molar-refractivity contribution in [3.63, 3.8) is 0 Å². The molecule has 0 unspecified atom stereocenters. The zero-order chi connectivity index (χ0) is 18.1. The first kappa shape index (κ1) is 17.8. The van der Waals surface area contributed by atoms with Crippen LogP contribution in [0.2, 0.25) is 0 Å². The van der Waals surface area contributed by atoms with Crippen molar-refractivity contribution >= 4 is 12.0 Å². The minimum Gasteiger partial charge on any atom is -0.504 e. The SMILES string of the molecule is COc1cc(/C=C/C=C(\C#N)C(=O)NCc2cccnc2)ccc1O. The monoisotopic (exact) mass is 335 g/mol. The molecule has 0 aliphatic carbocycles. The topological polar surface area (TPSA) is 95.2 Å². The summed E-state index contributed by atoms with van der Waals surface area (Å²) < 4.78 is 5.03. The average molecular weight is 335 g/mol. The van der Waals surface area contributed by atoms with E-state index in [9.17, 15) is 9.90 Å². The highest BCUT2D eigenvalue weighted by Gasteiger charge is 2.07. The Morgan fingerprint density at radius 2 is 2.28 bits per heavy atom. The number of ether oxygens (including phenoxy) is 1. The number of nitrogens with zero attached hydrogens (tertiary/aromatic N) is 2. The lowest BCUT2D eigenvalue weighted by Gasteiger charge is -2.04. The van der Waals surface area contributed by atoms with Crippen molar-refractivity contribution in [2.24, 2.45) is 0 Å². The molecule has 1 aromatic heterocycles. The van der Waals surface area contributed by atoms with Crippen LogP contribution in [0.3, 0.4) is 0 Å². The van der Waals surface area contributed by atoms with Gasteiger partial charge in [0, 0.05) is 18.9 Å². The van der Waals surface area contributed by atoms with Crippen LogP contribution in [-0.4, -0.2) is 23.1 Å². The van der Waals surface area contributed by atoms with Crippen LogP contribution < -0.4 is 10.1 Å². The number of methoxy groups -OCH3 is 1. The molecule has 0 spiro atoms. The fourth-order valence-corrected chi connectivity index (χ4v) is 2.00. The van der Waals surface area contributed by atoms with Gasteiger partial charge in [0.15, 0.2) is 11.5 Å². The van der Waals surface area contributed by atoms with Gasteiger partial charge in [-0.05, 0) is 35.4 Å². The molecule has 6 nitrogen and oxygen atoms in total. The van der Waals surface area contributed by atoms with Gasteiger partial charge >= 0.3 is 0 Å². The number of phenolic OH excluding ortho intramolecular Hbond substituents is 1. The van der Waals surface area contributed by atoms with Gasteiger partial charge in [0.2, 0.25) is 0 Å².